The lowest BCUT2D eigenvalue weighted by molar-refractivity contribution is -0.148. The van der Waals surface area contributed by atoms with Gasteiger partial charge in [-0.3, -0.25) is 4.79 Å². The molecule has 2 rings (SSSR count). The normalized spacial score (nSPS) is 11.9. The zero-order valence-electron chi connectivity index (χ0n) is 12.7. The minimum atomic E-state index is -0.266. The molecule has 0 unspecified atom stereocenters. The fraction of sp³-hybridized carbons (Fsp3) is 0.278. The Balaban J connectivity index is 1.71. The molecule has 4 nitrogen and oxygen atoms in total. The molecule has 2 N–H and O–H groups in total. The summed E-state index contributed by atoms with van der Waals surface area (Å²) in [5, 5.41) is 0. The Morgan fingerprint density at radius 1 is 1.05 bits per heavy atom. The topological polar surface area (TPSA) is 61.5 Å². The van der Waals surface area contributed by atoms with Gasteiger partial charge in [0, 0.05) is 11.3 Å². The van der Waals surface area contributed by atoms with E-state index in [1.165, 1.54) is 0 Å². The number of nitrogen functional groups attached to an aromatic ring is 1. The van der Waals surface area contributed by atoms with E-state index in [1.807, 2.05) is 61.5 Å². The molecule has 0 fully saturated rings. The molecule has 0 aromatic heterocycles. The number of benzene rings is 2. The van der Waals surface area contributed by atoms with Gasteiger partial charge in [-0.25, -0.2) is 0 Å². The summed E-state index contributed by atoms with van der Waals surface area (Å²) in [7, 11) is 0. The van der Waals surface area contributed by atoms with Gasteiger partial charge in [0.1, 0.15) is 6.61 Å². The molecule has 0 aliphatic carbocycles. The highest BCUT2D eigenvalue weighted by molar-refractivity contribution is 5.69. The highest BCUT2D eigenvalue weighted by Gasteiger charge is 2.11. The smallest absolute Gasteiger partial charge is 0.308 e. The summed E-state index contributed by atoms with van der Waals surface area (Å²) in [6, 6.07) is 17.1. The van der Waals surface area contributed by atoms with Gasteiger partial charge in [-0.05, 0) is 18.6 Å². The molecule has 22 heavy (non-hydrogen) atoms. The number of esters is 1. The summed E-state index contributed by atoms with van der Waals surface area (Å²) in [6.45, 7) is 2.53. The summed E-state index contributed by atoms with van der Waals surface area (Å²) >= 11 is 0. The van der Waals surface area contributed by atoms with E-state index in [0.29, 0.717) is 12.3 Å². The average Bonchev–Trinajstić information content (AvgIpc) is 2.53. The third kappa shape index (κ3) is 5.22. The lowest BCUT2D eigenvalue weighted by Gasteiger charge is -2.13. The molecule has 4 heteroatoms. The lowest BCUT2D eigenvalue weighted by atomic mass is 10.2. The molecule has 1 atom stereocenters. The third-order valence-corrected chi connectivity index (χ3v) is 3.28. The maximum atomic E-state index is 11.8. The number of carbonyl (C=O) groups is 1. The van der Waals surface area contributed by atoms with Crippen molar-refractivity contribution in [3.63, 3.8) is 0 Å². The Morgan fingerprint density at radius 2 is 1.73 bits per heavy atom. The summed E-state index contributed by atoms with van der Waals surface area (Å²) in [6.07, 6.45) is 0.00224. The predicted octanol–water partition coefficient (Wildman–Crippen LogP) is 3.31. The Bertz CT molecular complexity index is 598. The van der Waals surface area contributed by atoms with E-state index in [1.54, 1.807) is 0 Å². The van der Waals surface area contributed by atoms with Crippen LogP contribution in [0.4, 0.5) is 5.69 Å². The van der Waals surface area contributed by atoms with E-state index in [0.717, 1.165) is 11.1 Å². The number of rotatable bonds is 7. The second kappa shape index (κ2) is 8.20. The fourth-order valence-corrected chi connectivity index (χ4v) is 1.99. The molecular weight excluding hydrogens is 278 g/mol. The molecular formula is C18H21NO3. The second-order valence-electron chi connectivity index (χ2n) is 5.17. The highest BCUT2D eigenvalue weighted by Crippen LogP contribution is 2.13. The van der Waals surface area contributed by atoms with Crippen LogP contribution < -0.4 is 5.73 Å². The van der Waals surface area contributed by atoms with E-state index in [2.05, 4.69) is 0 Å². The van der Waals surface area contributed by atoms with Crippen molar-refractivity contribution in [2.75, 3.05) is 5.73 Å². The quantitative estimate of drug-likeness (QED) is 0.629. The number of ether oxygens (including phenoxy) is 2. The first-order valence-corrected chi connectivity index (χ1v) is 7.29. The molecule has 2 aromatic carbocycles. The molecule has 0 radical (unpaired) electrons. The summed E-state index contributed by atoms with van der Waals surface area (Å²) in [4.78, 5) is 11.8. The predicted molar refractivity (Wildman–Crippen MR) is 86.0 cm³/mol. The monoisotopic (exact) mass is 299 g/mol. The molecule has 0 bridgehead atoms. The van der Waals surface area contributed by atoms with Gasteiger partial charge in [-0.2, -0.15) is 0 Å². The van der Waals surface area contributed by atoms with Crippen molar-refractivity contribution in [3.8, 4) is 0 Å². The third-order valence-electron chi connectivity index (χ3n) is 3.28. The first kappa shape index (κ1) is 16.0. The van der Waals surface area contributed by atoms with Crippen LogP contribution in [0.15, 0.2) is 54.6 Å². The van der Waals surface area contributed by atoms with Crippen LogP contribution in [-0.4, -0.2) is 12.1 Å². The summed E-state index contributed by atoms with van der Waals surface area (Å²) in [5.41, 5.74) is 8.44. The van der Waals surface area contributed by atoms with Crippen LogP contribution in [0.3, 0.4) is 0 Å². The van der Waals surface area contributed by atoms with E-state index >= 15 is 0 Å². The van der Waals surface area contributed by atoms with Crippen molar-refractivity contribution in [2.45, 2.75) is 32.7 Å². The highest BCUT2D eigenvalue weighted by atomic mass is 16.5. The van der Waals surface area contributed by atoms with Crippen LogP contribution >= 0.6 is 0 Å². The van der Waals surface area contributed by atoms with Gasteiger partial charge in [0.2, 0.25) is 0 Å². The van der Waals surface area contributed by atoms with E-state index in [9.17, 15) is 4.79 Å². The van der Waals surface area contributed by atoms with Crippen LogP contribution in [0, 0.1) is 0 Å². The van der Waals surface area contributed by atoms with Gasteiger partial charge in [-0.15, -0.1) is 0 Å². The molecule has 0 amide bonds. The summed E-state index contributed by atoms with van der Waals surface area (Å²) < 4.78 is 10.9. The molecule has 0 aliphatic rings. The molecule has 0 saturated heterocycles. The van der Waals surface area contributed by atoms with Gasteiger partial charge in [0.25, 0.3) is 0 Å². The van der Waals surface area contributed by atoms with Crippen LogP contribution in [-0.2, 0) is 27.5 Å². The average molecular weight is 299 g/mol. The first-order valence-electron chi connectivity index (χ1n) is 7.29. The van der Waals surface area contributed by atoms with E-state index in [-0.39, 0.29) is 25.1 Å². The van der Waals surface area contributed by atoms with Crippen LogP contribution in [0.25, 0.3) is 0 Å². The SMILES string of the molecule is C[C@@H](CC(=O)OCc1ccccc1)OCc1ccccc1N. The first-order chi connectivity index (χ1) is 10.6. The molecule has 0 saturated carbocycles. The minimum Gasteiger partial charge on any atom is -0.461 e. The number of nitrogens with two attached hydrogens (primary N) is 1. The van der Waals surface area contributed by atoms with Gasteiger partial charge in [-0.1, -0.05) is 48.5 Å². The zero-order valence-corrected chi connectivity index (χ0v) is 12.7. The molecule has 2 aromatic rings. The van der Waals surface area contributed by atoms with E-state index in [4.69, 9.17) is 15.2 Å². The Kier molecular flexibility index (Phi) is 5.98. The Hall–Kier alpha value is -2.33. The maximum absolute atomic E-state index is 11.8. The molecule has 0 aliphatic heterocycles. The van der Waals surface area contributed by atoms with Crippen LogP contribution in [0.2, 0.25) is 0 Å². The van der Waals surface area contributed by atoms with Gasteiger partial charge < -0.3 is 15.2 Å². The van der Waals surface area contributed by atoms with Crippen molar-refractivity contribution in [1.82, 2.24) is 0 Å². The van der Waals surface area contributed by atoms with Crippen LogP contribution in [0.1, 0.15) is 24.5 Å². The van der Waals surface area contributed by atoms with Gasteiger partial charge >= 0.3 is 5.97 Å². The molecule has 0 heterocycles. The number of carbonyl (C=O) groups excluding carboxylic acids is 1. The number of hydrogen-bond donors (Lipinski definition) is 1. The number of hydrogen-bond acceptors (Lipinski definition) is 4. The minimum absolute atomic E-state index is 0.220. The second-order valence-corrected chi connectivity index (χ2v) is 5.17. The number of para-hydroxylation sites is 1. The largest absolute Gasteiger partial charge is 0.461 e. The van der Waals surface area contributed by atoms with Crippen molar-refractivity contribution >= 4 is 11.7 Å². The van der Waals surface area contributed by atoms with Crippen molar-refractivity contribution in [2.24, 2.45) is 0 Å². The summed E-state index contributed by atoms with van der Waals surface area (Å²) in [5.74, 6) is -0.266. The standard InChI is InChI=1S/C18H21NO3/c1-14(21-13-16-9-5-6-10-17(16)19)11-18(20)22-12-15-7-3-2-4-8-15/h2-10,14H,11-13,19H2,1H3/t14-/m0/s1. The van der Waals surface area contributed by atoms with Gasteiger partial charge in [0.15, 0.2) is 0 Å². The maximum Gasteiger partial charge on any atom is 0.308 e. The Morgan fingerprint density at radius 3 is 2.45 bits per heavy atom. The lowest BCUT2D eigenvalue weighted by Crippen LogP contribution is -2.16. The molecule has 0 spiro atoms. The van der Waals surface area contributed by atoms with E-state index < -0.39 is 0 Å². The van der Waals surface area contributed by atoms with Crippen molar-refractivity contribution in [1.29, 1.82) is 0 Å². The van der Waals surface area contributed by atoms with Gasteiger partial charge in [0.05, 0.1) is 19.1 Å². The van der Waals surface area contributed by atoms with Crippen molar-refractivity contribution < 1.29 is 14.3 Å². The number of anilines is 1. The Labute approximate surface area is 130 Å². The zero-order chi connectivity index (χ0) is 15.8. The van der Waals surface area contributed by atoms with Crippen molar-refractivity contribution in [3.05, 3.63) is 65.7 Å². The fourth-order valence-electron chi connectivity index (χ4n) is 1.99. The molecule has 116 valence electrons. The van der Waals surface area contributed by atoms with Crippen LogP contribution in [0.5, 0.6) is 0 Å².